The first-order valence-corrected chi connectivity index (χ1v) is 4.75. The van der Waals surface area contributed by atoms with Crippen molar-refractivity contribution >= 4 is 0 Å². The second kappa shape index (κ2) is 3.08. The topological polar surface area (TPSA) is 35.0 Å². The minimum absolute atomic E-state index is 0.315. The molecule has 1 aliphatic rings. The average molecular weight is 190 g/mol. The van der Waals surface area contributed by atoms with Crippen LogP contribution in [0.25, 0.3) is 0 Å². The number of rotatable bonds is 1. The van der Waals surface area contributed by atoms with Gasteiger partial charge in [-0.2, -0.15) is 0 Å². The van der Waals surface area contributed by atoms with Gasteiger partial charge in [-0.1, -0.05) is 0 Å². The Morgan fingerprint density at radius 2 is 2.21 bits per heavy atom. The first-order chi connectivity index (χ1) is 6.62. The molecule has 1 aromatic heterocycles. The lowest BCUT2D eigenvalue weighted by Crippen LogP contribution is -2.23. The van der Waals surface area contributed by atoms with Crippen molar-refractivity contribution in [3.05, 3.63) is 35.6 Å². The second-order valence-corrected chi connectivity index (χ2v) is 3.87. The number of ether oxygens (including phenoxy) is 1. The molecular formula is C11H14N2O. The number of aromatic nitrogens is 2. The number of hydrogen-bond donors (Lipinski definition) is 0. The van der Waals surface area contributed by atoms with Crippen molar-refractivity contribution in [2.45, 2.75) is 32.8 Å². The van der Waals surface area contributed by atoms with Crippen molar-refractivity contribution in [1.82, 2.24) is 9.97 Å². The zero-order chi connectivity index (χ0) is 10.2. The van der Waals surface area contributed by atoms with Gasteiger partial charge in [-0.3, -0.25) is 9.97 Å². The van der Waals surface area contributed by atoms with Crippen molar-refractivity contribution in [3.63, 3.8) is 0 Å². The summed E-state index contributed by atoms with van der Waals surface area (Å²) in [4.78, 5) is 8.80. The Balaban J connectivity index is 2.41. The molecule has 3 heteroatoms. The summed E-state index contributed by atoms with van der Waals surface area (Å²) in [6.45, 7) is 5.96. The largest absolute Gasteiger partial charge is 0.489 e. The Labute approximate surface area is 83.8 Å². The maximum atomic E-state index is 5.56. The first-order valence-electron chi connectivity index (χ1n) is 4.75. The van der Waals surface area contributed by atoms with Crippen molar-refractivity contribution < 1.29 is 4.74 Å². The molecule has 0 amide bonds. The summed E-state index contributed by atoms with van der Waals surface area (Å²) in [6, 6.07) is 0. The minimum Gasteiger partial charge on any atom is -0.489 e. The van der Waals surface area contributed by atoms with Crippen molar-refractivity contribution in [3.8, 4) is 0 Å². The SMILES string of the molecule is Cc1cnc([C@]2(C)CC=CO2)c(C)n1. The van der Waals surface area contributed by atoms with Crippen LogP contribution in [0.5, 0.6) is 0 Å². The van der Waals surface area contributed by atoms with Crippen LogP contribution in [0, 0.1) is 13.8 Å². The highest BCUT2D eigenvalue weighted by Crippen LogP contribution is 2.33. The monoisotopic (exact) mass is 190 g/mol. The van der Waals surface area contributed by atoms with E-state index in [0.717, 1.165) is 23.5 Å². The smallest absolute Gasteiger partial charge is 0.152 e. The van der Waals surface area contributed by atoms with E-state index in [9.17, 15) is 0 Å². The maximum Gasteiger partial charge on any atom is 0.152 e. The van der Waals surface area contributed by atoms with Crippen LogP contribution in [0.1, 0.15) is 30.4 Å². The Kier molecular flexibility index (Phi) is 2.02. The fourth-order valence-corrected chi connectivity index (χ4v) is 1.79. The molecule has 0 unspecified atom stereocenters. The number of hydrogen-bond acceptors (Lipinski definition) is 3. The van der Waals surface area contributed by atoms with E-state index in [-0.39, 0.29) is 5.60 Å². The molecule has 0 spiro atoms. The predicted molar refractivity (Wildman–Crippen MR) is 53.7 cm³/mol. The highest BCUT2D eigenvalue weighted by molar-refractivity contribution is 5.21. The third-order valence-corrected chi connectivity index (χ3v) is 2.50. The fourth-order valence-electron chi connectivity index (χ4n) is 1.79. The molecule has 1 atom stereocenters. The molecule has 0 N–H and O–H groups in total. The van der Waals surface area contributed by atoms with E-state index in [1.165, 1.54) is 0 Å². The molecular weight excluding hydrogens is 176 g/mol. The zero-order valence-electron chi connectivity index (χ0n) is 8.74. The lowest BCUT2D eigenvalue weighted by Gasteiger charge is -2.24. The maximum absolute atomic E-state index is 5.56. The molecule has 14 heavy (non-hydrogen) atoms. The summed E-state index contributed by atoms with van der Waals surface area (Å²) in [5.74, 6) is 0. The van der Waals surface area contributed by atoms with Crippen LogP contribution in [-0.2, 0) is 10.3 Å². The van der Waals surface area contributed by atoms with Gasteiger partial charge in [0, 0.05) is 12.6 Å². The number of aryl methyl sites for hydroxylation is 2. The van der Waals surface area contributed by atoms with Crippen LogP contribution in [0.15, 0.2) is 18.5 Å². The van der Waals surface area contributed by atoms with Gasteiger partial charge in [0.05, 0.1) is 17.6 Å². The molecule has 3 nitrogen and oxygen atoms in total. The summed E-state index contributed by atoms with van der Waals surface area (Å²) < 4.78 is 5.56. The molecule has 0 aromatic carbocycles. The van der Waals surface area contributed by atoms with Crippen LogP contribution >= 0.6 is 0 Å². The van der Waals surface area contributed by atoms with Crippen LogP contribution in [0.4, 0.5) is 0 Å². The lowest BCUT2D eigenvalue weighted by atomic mass is 9.97. The van der Waals surface area contributed by atoms with E-state index in [0.29, 0.717) is 0 Å². The Morgan fingerprint density at radius 1 is 1.43 bits per heavy atom. The molecule has 74 valence electrons. The Bertz CT molecular complexity index is 377. The molecule has 2 heterocycles. The van der Waals surface area contributed by atoms with E-state index < -0.39 is 0 Å². The molecule has 1 aromatic rings. The molecule has 0 fully saturated rings. The van der Waals surface area contributed by atoms with Gasteiger partial charge in [-0.15, -0.1) is 0 Å². The van der Waals surface area contributed by atoms with Crippen LogP contribution in [0.3, 0.4) is 0 Å². The molecule has 0 saturated heterocycles. The van der Waals surface area contributed by atoms with Gasteiger partial charge in [0.2, 0.25) is 0 Å². The summed E-state index contributed by atoms with van der Waals surface area (Å²) in [6.07, 6.45) is 6.41. The molecule has 2 rings (SSSR count). The molecule has 0 saturated carbocycles. The van der Waals surface area contributed by atoms with E-state index in [1.54, 1.807) is 12.5 Å². The highest BCUT2D eigenvalue weighted by atomic mass is 16.5. The Hall–Kier alpha value is -1.38. The van der Waals surface area contributed by atoms with Gasteiger partial charge in [0.25, 0.3) is 0 Å². The molecule has 0 aliphatic carbocycles. The first kappa shape index (κ1) is 9.19. The van der Waals surface area contributed by atoms with Crippen molar-refractivity contribution in [2.75, 3.05) is 0 Å². The van der Waals surface area contributed by atoms with E-state index in [4.69, 9.17) is 4.74 Å². The third-order valence-electron chi connectivity index (χ3n) is 2.50. The summed E-state index contributed by atoms with van der Waals surface area (Å²) in [5, 5.41) is 0. The van der Waals surface area contributed by atoms with E-state index in [1.807, 2.05) is 26.8 Å². The summed E-state index contributed by atoms with van der Waals surface area (Å²) >= 11 is 0. The van der Waals surface area contributed by atoms with Crippen molar-refractivity contribution in [1.29, 1.82) is 0 Å². The second-order valence-electron chi connectivity index (χ2n) is 3.87. The fraction of sp³-hybridized carbons (Fsp3) is 0.455. The minimum atomic E-state index is -0.315. The molecule has 1 aliphatic heterocycles. The molecule has 0 radical (unpaired) electrons. The highest BCUT2D eigenvalue weighted by Gasteiger charge is 2.33. The summed E-state index contributed by atoms with van der Waals surface area (Å²) in [5.41, 5.74) is 2.52. The molecule has 0 bridgehead atoms. The summed E-state index contributed by atoms with van der Waals surface area (Å²) in [7, 11) is 0. The van der Waals surface area contributed by atoms with Gasteiger partial charge in [-0.25, -0.2) is 0 Å². The van der Waals surface area contributed by atoms with Gasteiger partial charge in [0.15, 0.2) is 5.60 Å². The van der Waals surface area contributed by atoms with Crippen LogP contribution in [0.2, 0.25) is 0 Å². The predicted octanol–water partition coefficient (Wildman–Crippen LogP) is 2.24. The average Bonchev–Trinajstić information content (AvgIpc) is 2.52. The van der Waals surface area contributed by atoms with E-state index in [2.05, 4.69) is 9.97 Å². The normalized spacial score (nSPS) is 25.1. The van der Waals surface area contributed by atoms with Gasteiger partial charge in [0.1, 0.15) is 5.69 Å². The third kappa shape index (κ3) is 1.39. The van der Waals surface area contributed by atoms with E-state index >= 15 is 0 Å². The lowest BCUT2D eigenvalue weighted by molar-refractivity contribution is 0.0554. The van der Waals surface area contributed by atoms with Crippen LogP contribution < -0.4 is 0 Å². The Morgan fingerprint density at radius 3 is 2.79 bits per heavy atom. The van der Waals surface area contributed by atoms with Gasteiger partial charge in [-0.05, 0) is 26.8 Å². The van der Waals surface area contributed by atoms with Crippen molar-refractivity contribution in [2.24, 2.45) is 0 Å². The quantitative estimate of drug-likeness (QED) is 0.681. The standard InChI is InChI=1S/C11H14N2O/c1-8-7-12-10(9(2)13-8)11(3)5-4-6-14-11/h4,6-7H,5H2,1-3H3/t11-/m0/s1. The zero-order valence-corrected chi connectivity index (χ0v) is 8.74. The van der Waals surface area contributed by atoms with Gasteiger partial charge < -0.3 is 4.74 Å². The number of nitrogens with zero attached hydrogens (tertiary/aromatic N) is 2. The van der Waals surface area contributed by atoms with Crippen LogP contribution in [-0.4, -0.2) is 9.97 Å². The van der Waals surface area contributed by atoms with Gasteiger partial charge >= 0.3 is 0 Å².